The first-order chi connectivity index (χ1) is 9.65. The minimum absolute atomic E-state index is 0.118. The molecule has 0 unspecified atom stereocenters. The van der Waals surface area contributed by atoms with E-state index in [-0.39, 0.29) is 11.6 Å². The Kier molecular flexibility index (Phi) is 2.95. The molecular weight excluding hydrogens is 256 g/mol. The van der Waals surface area contributed by atoms with Crippen LogP contribution < -0.4 is 0 Å². The van der Waals surface area contributed by atoms with E-state index in [0.717, 1.165) is 11.1 Å². The molecule has 1 aliphatic heterocycles. The minimum atomic E-state index is -1.13. The Hall–Kier alpha value is -2.69. The smallest absolute Gasteiger partial charge is 0.354 e. The highest BCUT2D eigenvalue weighted by atomic mass is 16.4. The number of hydrogen-bond acceptors (Lipinski definition) is 3. The van der Waals surface area contributed by atoms with Crippen molar-refractivity contribution in [3.8, 4) is 0 Å². The van der Waals surface area contributed by atoms with Crippen LogP contribution in [0.2, 0.25) is 0 Å². The van der Waals surface area contributed by atoms with E-state index >= 15 is 0 Å². The van der Waals surface area contributed by atoms with E-state index in [1.54, 1.807) is 4.90 Å². The Morgan fingerprint density at radius 1 is 1.10 bits per heavy atom. The van der Waals surface area contributed by atoms with Gasteiger partial charge in [0.25, 0.3) is 5.91 Å². The lowest BCUT2D eigenvalue weighted by molar-refractivity contribution is 0.0690. The molecule has 1 aliphatic rings. The first kappa shape index (κ1) is 12.3. The van der Waals surface area contributed by atoms with Crippen LogP contribution in [0, 0.1) is 0 Å². The van der Waals surface area contributed by atoms with Gasteiger partial charge in [-0.2, -0.15) is 0 Å². The Morgan fingerprint density at radius 2 is 1.75 bits per heavy atom. The maximum Gasteiger partial charge on any atom is 0.354 e. The van der Waals surface area contributed by atoms with Crippen molar-refractivity contribution in [1.29, 1.82) is 0 Å². The Morgan fingerprint density at radius 3 is 2.35 bits per heavy atom. The van der Waals surface area contributed by atoms with Crippen molar-refractivity contribution < 1.29 is 14.7 Å². The van der Waals surface area contributed by atoms with E-state index in [9.17, 15) is 9.59 Å². The molecule has 20 heavy (non-hydrogen) atoms. The van der Waals surface area contributed by atoms with Gasteiger partial charge in [0.1, 0.15) is 5.69 Å². The quantitative estimate of drug-likeness (QED) is 0.903. The van der Waals surface area contributed by atoms with Crippen LogP contribution in [0.3, 0.4) is 0 Å². The first-order valence-electron chi connectivity index (χ1n) is 6.20. The summed E-state index contributed by atoms with van der Waals surface area (Å²) in [6.45, 7) is 1.11. The number of hydrogen-bond donors (Lipinski definition) is 1. The molecule has 2 aromatic rings. The van der Waals surface area contributed by atoms with Crippen molar-refractivity contribution in [2.24, 2.45) is 0 Å². The molecule has 0 radical (unpaired) electrons. The number of rotatable bonds is 2. The molecule has 3 rings (SSSR count). The second kappa shape index (κ2) is 4.77. The van der Waals surface area contributed by atoms with Gasteiger partial charge in [-0.3, -0.25) is 4.79 Å². The van der Waals surface area contributed by atoms with Crippen molar-refractivity contribution in [1.82, 2.24) is 9.88 Å². The molecule has 5 nitrogen and oxygen atoms in total. The number of fused-ring (bicyclic) bond motifs is 1. The van der Waals surface area contributed by atoms with Gasteiger partial charge in [-0.15, -0.1) is 0 Å². The molecule has 0 saturated carbocycles. The maximum atomic E-state index is 12.4. The fraction of sp³-hybridized carbons (Fsp3) is 0.133. The second-order valence-corrected chi connectivity index (χ2v) is 4.66. The van der Waals surface area contributed by atoms with Gasteiger partial charge < -0.3 is 10.0 Å². The normalized spacial score (nSPS) is 13.1. The number of carbonyl (C=O) groups is 2. The molecule has 1 amide bonds. The van der Waals surface area contributed by atoms with Gasteiger partial charge in [0.05, 0.1) is 0 Å². The molecule has 1 aromatic carbocycles. The summed E-state index contributed by atoms with van der Waals surface area (Å²) in [5.41, 5.74) is 2.50. The van der Waals surface area contributed by atoms with Crippen molar-refractivity contribution >= 4 is 11.9 Å². The topological polar surface area (TPSA) is 70.5 Å². The van der Waals surface area contributed by atoms with Gasteiger partial charge in [0.15, 0.2) is 0 Å². The second-order valence-electron chi connectivity index (χ2n) is 4.66. The standard InChI is InChI=1S/C15H12N2O3/c18-14(10-5-6-16-13(7-10)15(19)20)17-8-11-3-1-2-4-12(11)9-17/h1-7H,8-9H2,(H,19,20). The van der Waals surface area contributed by atoms with E-state index in [2.05, 4.69) is 4.98 Å². The van der Waals surface area contributed by atoms with Crippen molar-refractivity contribution in [2.75, 3.05) is 0 Å². The molecule has 0 bridgehead atoms. The van der Waals surface area contributed by atoms with Gasteiger partial charge >= 0.3 is 5.97 Å². The van der Waals surface area contributed by atoms with Gasteiger partial charge in [-0.1, -0.05) is 24.3 Å². The number of benzene rings is 1. The highest BCUT2D eigenvalue weighted by molar-refractivity contribution is 5.96. The number of aromatic carboxylic acids is 1. The maximum absolute atomic E-state index is 12.4. The SMILES string of the molecule is O=C(O)c1cc(C(=O)N2Cc3ccccc3C2)ccn1. The molecule has 0 saturated heterocycles. The fourth-order valence-corrected chi connectivity index (χ4v) is 2.34. The summed E-state index contributed by atoms with van der Waals surface area (Å²) >= 11 is 0. The number of carbonyl (C=O) groups excluding carboxylic acids is 1. The average molecular weight is 268 g/mol. The van der Waals surface area contributed by atoms with E-state index < -0.39 is 5.97 Å². The molecule has 1 aromatic heterocycles. The van der Waals surface area contributed by atoms with Gasteiger partial charge in [-0.25, -0.2) is 9.78 Å². The van der Waals surface area contributed by atoms with Crippen LogP contribution in [-0.4, -0.2) is 26.9 Å². The summed E-state index contributed by atoms with van der Waals surface area (Å²) in [4.78, 5) is 28.7. The third kappa shape index (κ3) is 2.14. The van der Waals surface area contributed by atoms with Crippen LogP contribution in [0.1, 0.15) is 32.0 Å². The summed E-state index contributed by atoms with van der Waals surface area (Å²) in [5, 5.41) is 8.91. The third-order valence-electron chi connectivity index (χ3n) is 3.35. The van der Waals surface area contributed by atoms with Crippen LogP contribution >= 0.6 is 0 Å². The monoisotopic (exact) mass is 268 g/mol. The van der Waals surface area contributed by atoms with Crippen molar-refractivity contribution in [2.45, 2.75) is 13.1 Å². The molecule has 0 atom stereocenters. The number of nitrogens with zero attached hydrogens (tertiary/aromatic N) is 2. The molecule has 2 heterocycles. The van der Waals surface area contributed by atoms with Crippen LogP contribution in [0.25, 0.3) is 0 Å². The molecule has 0 aliphatic carbocycles. The highest BCUT2D eigenvalue weighted by Gasteiger charge is 2.24. The predicted molar refractivity (Wildman–Crippen MR) is 71.2 cm³/mol. The molecule has 100 valence electrons. The van der Waals surface area contributed by atoms with Crippen molar-refractivity contribution in [3.63, 3.8) is 0 Å². The van der Waals surface area contributed by atoms with Crippen molar-refractivity contribution in [3.05, 3.63) is 65.0 Å². The summed E-state index contributed by atoms with van der Waals surface area (Å²) in [6.07, 6.45) is 1.35. The zero-order valence-corrected chi connectivity index (χ0v) is 10.6. The number of pyridine rings is 1. The molecule has 0 spiro atoms. The van der Waals surface area contributed by atoms with Gasteiger partial charge in [0.2, 0.25) is 0 Å². The molecular formula is C15H12N2O3. The summed E-state index contributed by atoms with van der Waals surface area (Å²) in [5.74, 6) is -1.31. The van der Waals surface area contributed by atoms with Gasteiger partial charge in [-0.05, 0) is 23.3 Å². The summed E-state index contributed by atoms with van der Waals surface area (Å²) in [7, 11) is 0. The van der Waals surface area contributed by atoms with E-state index in [1.165, 1.54) is 18.3 Å². The van der Waals surface area contributed by atoms with E-state index in [0.29, 0.717) is 18.7 Å². The summed E-state index contributed by atoms with van der Waals surface area (Å²) in [6, 6.07) is 10.7. The lowest BCUT2D eigenvalue weighted by atomic mass is 10.1. The highest BCUT2D eigenvalue weighted by Crippen LogP contribution is 2.23. The van der Waals surface area contributed by atoms with Crippen LogP contribution in [0.5, 0.6) is 0 Å². The molecule has 5 heteroatoms. The Bertz CT molecular complexity index is 672. The van der Waals surface area contributed by atoms with Crippen LogP contribution in [0.15, 0.2) is 42.6 Å². The fourth-order valence-electron chi connectivity index (χ4n) is 2.34. The Labute approximate surface area is 115 Å². The lowest BCUT2D eigenvalue weighted by Gasteiger charge is -2.15. The molecule has 0 fully saturated rings. The number of carboxylic acid groups (broad SMARTS) is 1. The zero-order chi connectivity index (χ0) is 14.1. The first-order valence-corrected chi connectivity index (χ1v) is 6.20. The third-order valence-corrected chi connectivity index (χ3v) is 3.35. The van der Waals surface area contributed by atoms with E-state index in [1.807, 2.05) is 24.3 Å². The number of aromatic nitrogens is 1. The minimum Gasteiger partial charge on any atom is -0.477 e. The zero-order valence-electron chi connectivity index (χ0n) is 10.6. The largest absolute Gasteiger partial charge is 0.477 e. The van der Waals surface area contributed by atoms with E-state index in [4.69, 9.17) is 5.11 Å². The predicted octanol–water partition coefficient (Wildman–Crippen LogP) is 1.94. The molecule has 1 N–H and O–H groups in total. The lowest BCUT2D eigenvalue weighted by Crippen LogP contribution is -2.25. The number of carboxylic acids is 1. The Balaban J connectivity index is 1.85. The van der Waals surface area contributed by atoms with Crippen LogP contribution in [-0.2, 0) is 13.1 Å². The summed E-state index contributed by atoms with van der Waals surface area (Å²) < 4.78 is 0. The van der Waals surface area contributed by atoms with Gasteiger partial charge in [0, 0.05) is 24.8 Å². The number of amides is 1. The van der Waals surface area contributed by atoms with Crippen LogP contribution in [0.4, 0.5) is 0 Å². The average Bonchev–Trinajstić information content (AvgIpc) is 2.90.